The fraction of sp³-hybridized carbons (Fsp3) is 0.762. The van der Waals surface area contributed by atoms with Gasteiger partial charge in [0.2, 0.25) is 11.9 Å². The third kappa shape index (κ3) is 5.56. The van der Waals surface area contributed by atoms with Crippen LogP contribution in [0.5, 0.6) is 0 Å². The fourth-order valence-electron chi connectivity index (χ4n) is 4.26. The number of hydrogen-bond acceptors (Lipinski definition) is 5. The van der Waals surface area contributed by atoms with E-state index >= 15 is 0 Å². The van der Waals surface area contributed by atoms with Crippen molar-refractivity contribution in [3.63, 3.8) is 0 Å². The van der Waals surface area contributed by atoms with E-state index in [1.165, 1.54) is 19.3 Å². The Labute approximate surface area is 163 Å². The Kier molecular flexibility index (Phi) is 6.91. The lowest BCUT2D eigenvalue weighted by Crippen LogP contribution is -2.43. The zero-order valence-electron chi connectivity index (χ0n) is 17.2. The number of piperidine rings is 2. The van der Waals surface area contributed by atoms with E-state index in [1.807, 2.05) is 12.4 Å². The molecule has 1 N–H and O–H groups in total. The Morgan fingerprint density at radius 3 is 2.26 bits per heavy atom. The van der Waals surface area contributed by atoms with Gasteiger partial charge in [-0.05, 0) is 51.4 Å². The first-order valence-electron chi connectivity index (χ1n) is 10.6. The Bertz CT molecular complexity index is 589. The molecule has 6 heteroatoms. The predicted molar refractivity (Wildman–Crippen MR) is 110 cm³/mol. The fourth-order valence-corrected chi connectivity index (χ4v) is 4.26. The summed E-state index contributed by atoms with van der Waals surface area (Å²) in [5, 5.41) is 3.19. The Morgan fingerprint density at radius 2 is 1.67 bits per heavy atom. The molecule has 0 aliphatic carbocycles. The average molecular weight is 374 g/mol. The SMILES string of the molecule is CC(C)CC(C)NC(=O)C1CCN(c2cnc(N3CCCCC3)nc2)CC1. The van der Waals surface area contributed by atoms with Crippen molar-refractivity contribution in [1.82, 2.24) is 15.3 Å². The van der Waals surface area contributed by atoms with Crippen molar-refractivity contribution >= 4 is 17.5 Å². The minimum Gasteiger partial charge on any atom is -0.369 e. The molecule has 1 atom stereocenters. The molecule has 1 aromatic rings. The van der Waals surface area contributed by atoms with Crippen LogP contribution in [-0.4, -0.2) is 48.1 Å². The van der Waals surface area contributed by atoms with Gasteiger partial charge in [0.05, 0.1) is 18.1 Å². The Morgan fingerprint density at radius 1 is 1.04 bits per heavy atom. The third-order valence-electron chi connectivity index (χ3n) is 5.71. The molecule has 2 saturated heterocycles. The van der Waals surface area contributed by atoms with Crippen LogP contribution in [-0.2, 0) is 4.79 Å². The first kappa shape index (κ1) is 19.9. The molecular weight excluding hydrogens is 338 g/mol. The number of amides is 1. The highest BCUT2D eigenvalue weighted by Gasteiger charge is 2.26. The van der Waals surface area contributed by atoms with Gasteiger partial charge in [0, 0.05) is 38.1 Å². The van der Waals surface area contributed by atoms with Crippen LogP contribution in [0.15, 0.2) is 12.4 Å². The number of carbonyl (C=O) groups is 1. The predicted octanol–water partition coefficient (Wildman–Crippen LogP) is 3.23. The molecule has 2 fully saturated rings. The van der Waals surface area contributed by atoms with Gasteiger partial charge in [-0.3, -0.25) is 4.79 Å². The van der Waals surface area contributed by atoms with Gasteiger partial charge in [-0.2, -0.15) is 0 Å². The molecule has 2 aliphatic rings. The van der Waals surface area contributed by atoms with Gasteiger partial charge in [0.1, 0.15) is 0 Å². The topological polar surface area (TPSA) is 61.4 Å². The third-order valence-corrected chi connectivity index (χ3v) is 5.71. The standard InChI is InChI=1S/C21H35N5O/c1-16(2)13-17(3)24-20(27)18-7-11-25(12-8-18)19-14-22-21(23-15-19)26-9-5-4-6-10-26/h14-18H,4-13H2,1-3H3,(H,24,27). The van der Waals surface area contributed by atoms with Crippen LogP contribution in [0.2, 0.25) is 0 Å². The van der Waals surface area contributed by atoms with Gasteiger partial charge in [-0.15, -0.1) is 0 Å². The molecule has 0 aromatic carbocycles. The lowest BCUT2D eigenvalue weighted by atomic mass is 9.95. The molecule has 0 bridgehead atoms. The van der Waals surface area contributed by atoms with Crippen molar-refractivity contribution in [2.75, 3.05) is 36.0 Å². The lowest BCUT2D eigenvalue weighted by Gasteiger charge is -2.33. The molecule has 27 heavy (non-hydrogen) atoms. The maximum atomic E-state index is 12.5. The quantitative estimate of drug-likeness (QED) is 0.829. The van der Waals surface area contributed by atoms with Crippen LogP contribution in [0.4, 0.5) is 11.6 Å². The van der Waals surface area contributed by atoms with E-state index in [1.54, 1.807) is 0 Å². The lowest BCUT2D eigenvalue weighted by molar-refractivity contribution is -0.126. The second-order valence-electron chi connectivity index (χ2n) is 8.59. The number of nitrogens with one attached hydrogen (secondary N) is 1. The van der Waals surface area contributed by atoms with Crippen molar-refractivity contribution < 1.29 is 4.79 Å². The van der Waals surface area contributed by atoms with E-state index in [0.717, 1.165) is 57.1 Å². The van der Waals surface area contributed by atoms with Crippen molar-refractivity contribution in [1.29, 1.82) is 0 Å². The van der Waals surface area contributed by atoms with E-state index in [0.29, 0.717) is 5.92 Å². The van der Waals surface area contributed by atoms with Crippen LogP contribution in [0.1, 0.15) is 59.3 Å². The average Bonchev–Trinajstić information content (AvgIpc) is 2.68. The van der Waals surface area contributed by atoms with E-state index < -0.39 is 0 Å². The zero-order valence-corrected chi connectivity index (χ0v) is 17.2. The molecule has 3 rings (SSSR count). The summed E-state index contributed by atoms with van der Waals surface area (Å²) in [5.74, 6) is 1.81. The molecule has 150 valence electrons. The summed E-state index contributed by atoms with van der Waals surface area (Å²) in [6.07, 6.45) is 10.5. The summed E-state index contributed by atoms with van der Waals surface area (Å²) in [6, 6.07) is 0.256. The minimum absolute atomic E-state index is 0.129. The van der Waals surface area contributed by atoms with Crippen molar-refractivity contribution in [2.24, 2.45) is 11.8 Å². The van der Waals surface area contributed by atoms with Crippen molar-refractivity contribution in [3.05, 3.63) is 12.4 Å². The number of carbonyl (C=O) groups excluding carboxylic acids is 1. The largest absolute Gasteiger partial charge is 0.369 e. The van der Waals surface area contributed by atoms with E-state index in [4.69, 9.17) is 0 Å². The van der Waals surface area contributed by atoms with Gasteiger partial charge >= 0.3 is 0 Å². The monoisotopic (exact) mass is 373 g/mol. The van der Waals surface area contributed by atoms with Crippen LogP contribution in [0.25, 0.3) is 0 Å². The summed E-state index contributed by atoms with van der Waals surface area (Å²) in [6.45, 7) is 10.4. The van der Waals surface area contributed by atoms with E-state index in [-0.39, 0.29) is 17.9 Å². The summed E-state index contributed by atoms with van der Waals surface area (Å²) < 4.78 is 0. The van der Waals surface area contributed by atoms with Gasteiger partial charge < -0.3 is 15.1 Å². The van der Waals surface area contributed by atoms with E-state index in [9.17, 15) is 4.79 Å². The zero-order chi connectivity index (χ0) is 19.2. The van der Waals surface area contributed by atoms with Crippen LogP contribution in [0.3, 0.4) is 0 Å². The van der Waals surface area contributed by atoms with Gasteiger partial charge in [0.15, 0.2) is 0 Å². The maximum absolute atomic E-state index is 12.5. The molecule has 0 saturated carbocycles. The maximum Gasteiger partial charge on any atom is 0.225 e. The van der Waals surface area contributed by atoms with Crippen molar-refractivity contribution in [2.45, 2.75) is 65.3 Å². The Hall–Kier alpha value is -1.85. The Balaban J connectivity index is 1.48. The molecule has 2 aliphatic heterocycles. The smallest absolute Gasteiger partial charge is 0.225 e. The number of hydrogen-bond donors (Lipinski definition) is 1. The first-order valence-corrected chi connectivity index (χ1v) is 10.6. The second kappa shape index (κ2) is 9.38. The van der Waals surface area contributed by atoms with Gasteiger partial charge in [-0.25, -0.2) is 9.97 Å². The number of aromatic nitrogens is 2. The summed E-state index contributed by atoms with van der Waals surface area (Å²) in [4.78, 5) is 26.3. The minimum atomic E-state index is 0.129. The number of rotatable bonds is 6. The highest BCUT2D eigenvalue weighted by molar-refractivity contribution is 5.79. The molecular formula is C21H35N5O. The normalized spacial score (nSPS) is 20.0. The van der Waals surface area contributed by atoms with Crippen LogP contribution in [0, 0.1) is 11.8 Å². The van der Waals surface area contributed by atoms with Gasteiger partial charge in [0.25, 0.3) is 0 Å². The summed E-state index contributed by atoms with van der Waals surface area (Å²) in [7, 11) is 0. The number of nitrogens with zero attached hydrogens (tertiary/aromatic N) is 4. The van der Waals surface area contributed by atoms with Crippen LogP contribution >= 0.6 is 0 Å². The molecule has 1 aromatic heterocycles. The van der Waals surface area contributed by atoms with Crippen LogP contribution < -0.4 is 15.1 Å². The molecule has 3 heterocycles. The highest BCUT2D eigenvalue weighted by atomic mass is 16.1. The number of anilines is 2. The highest BCUT2D eigenvalue weighted by Crippen LogP contribution is 2.24. The molecule has 6 nitrogen and oxygen atoms in total. The summed E-state index contributed by atoms with van der Waals surface area (Å²) in [5.41, 5.74) is 1.07. The molecule has 0 radical (unpaired) electrons. The second-order valence-corrected chi connectivity index (χ2v) is 8.59. The summed E-state index contributed by atoms with van der Waals surface area (Å²) >= 11 is 0. The van der Waals surface area contributed by atoms with E-state index in [2.05, 4.69) is 45.9 Å². The van der Waals surface area contributed by atoms with Gasteiger partial charge in [-0.1, -0.05) is 13.8 Å². The van der Waals surface area contributed by atoms with Crippen molar-refractivity contribution in [3.8, 4) is 0 Å². The molecule has 1 unspecified atom stereocenters. The first-order chi connectivity index (χ1) is 13.0. The molecule has 0 spiro atoms. The molecule has 1 amide bonds.